The van der Waals surface area contributed by atoms with Crippen LogP contribution in [-0.4, -0.2) is 28.1 Å². The molecule has 0 spiro atoms. The van der Waals surface area contributed by atoms with Crippen molar-refractivity contribution in [3.8, 4) is 17.6 Å². The standard InChI is InChI=1S/C14H9ClF3NO4/c15-8-5-7-9(6-10(8)20)19-11(21)23-13(7,14(16,17)18)4-3-12(22)1-2-12/h5-6,20,22H,1-2H2,(H,19,21). The first kappa shape index (κ1) is 15.8. The number of nitrogens with one attached hydrogen (secondary N) is 1. The lowest BCUT2D eigenvalue weighted by Gasteiger charge is -2.36. The zero-order chi connectivity index (χ0) is 17.0. The van der Waals surface area contributed by atoms with Crippen molar-refractivity contribution in [2.75, 3.05) is 5.32 Å². The molecule has 1 fully saturated rings. The lowest BCUT2D eigenvalue weighted by atomic mass is 9.90. The Labute approximate surface area is 133 Å². The Morgan fingerprint density at radius 2 is 1.96 bits per heavy atom. The molecule has 1 unspecified atom stereocenters. The van der Waals surface area contributed by atoms with Crippen LogP contribution in [0.3, 0.4) is 0 Å². The topological polar surface area (TPSA) is 78.8 Å². The van der Waals surface area contributed by atoms with Gasteiger partial charge in [-0.15, -0.1) is 0 Å². The lowest BCUT2D eigenvalue weighted by molar-refractivity contribution is -0.239. The number of phenolic OH excluding ortho intramolecular Hbond substituents is 1. The second-order valence-corrected chi connectivity index (χ2v) is 5.73. The van der Waals surface area contributed by atoms with Gasteiger partial charge in [0.15, 0.2) is 0 Å². The van der Waals surface area contributed by atoms with Gasteiger partial charge in [-0.1, -0.05) is 17.5 Å². The summed E-state index contributed by atoms with van der Waals surface area (Å²) in [5.74, 6) is 3.48. The van der Waals surface area contributed by atoms with Crippen LogP contribution in [0.25, 0.3) is 0 Å². The monoisotopic (exact) mass is 347 g/mol. The van der Waals surface area contributed by atoms with Gasteiger partial charge in [-0.2, -0.15) is 13.2 Å². The van der Waals surface area contributed by atoms with Gasteiger partial charge >= 0.3 is 12.3 Å². The van der Waals surface area contributed by atoms with Crippen LogP contribution < -0.4 is 5.32 Å². The highest BCUT2D eigenvalue weighted by atomic mass is 35.5. The van der Waals surface area contributed by atoms with Crippen LogP contribution in [0.5, 0.6) is 5.75 Å². The highest BCUT2D eigenvalue weighted by Gasteiger charge is 2.62. The normalized spacial score (nSPS) is 24.7. The van der Waals surface area contributed by atoms with E-state index >= 15 is 0 Å². The Bertz CT molecular complexity index is 764. The lowest BCUT2D eigenvalue weighted by Crippen LogP contribution is -2.49. The van der Waals surface area contributed by atoms with Gasteiger partial charge in [-0.25, -0.2) is 4.79 Å². The quantitative estimate of drug-likeness (QED) is 0.631. The van der Waals surface area contributed by atoms with Gasteiger partial charge in [0.05, 0.1) is 10.7 Å². The number of rotatable bonds is 0. The Morgan fingerprint density at radius 3 is 2.52 bits per heavy atom. The van der Waals surface area contributed by atoms with Gasteiger partial charge in [0.25, 0.3) is 5.60 Å². The summed E-state index contributed by atoms with van der Waals surface area (Å²) in [5, 5.41) is 20.9. The predicted molar refractivity (Wildman–Crippen MR) is 72.9 cm³/mol. The van der Waals surface area contributed by atoms with E-state index in [4.69, 9.17) is 11.6 Å². The van der Waals surface area contributed by atoms with Gasteiger partial charge in [0.2, 0.25) is 0 Å². The molecule has 23 heavy (non-hydrogen) atoms. The zero-order valence-electron chi connectivity index (χ0n) is 11.3. The Morgan fingerprint density at radius 1 is 1.30 bits per heavy atom. The minimum atomic E-state index is -5.09. The molecule has 0 saturated heterocycles. The second kappa shape index (κ2) is 4.69. The summed E-state index contributed by atoms with van der Waals surface area (Å²) in [6, 6.07) is 1.71. The average Bonchev–Trinajstić information content (AvgIpc) is 3.15. The van der Waals surface area contributed by atoms with Crippen molar-refractivity contribution in [1.82, 2.24) is 0 Å². The van der Waals surface area contributed by atoms with Crippen molar-refractivity contribution in [3.63, 3.8) is 0 Å². The van der Waals surface area contributed by atoms with Crippen molar-refractivity contribution < 1.29 is 32.9 Å². The number of carbonyl (C=O) groups excluding carboxylic acids is 1. The van der Waals surface area contributed by atoms with Crippen molar-refractivity contribution >= 4 is 23.4 Å². The minimum Gasteiger partial charge on any atom is -0.506 e. The molecule has 1 aliphatic heterocycles. The van der Waals surface area contributed by atoms with Crippen LogP contribution in [0.4, 0.5) is 23.7 Å². The molecule has 0 radical (unpaired) electrons. The minimum absolute atomic E-state index is 0.239. The smallest absolute Gasteiger partial charge is 0.445 e. The summed E-state index contributed by atoms with van der Waals surface area (Å²) < 4.78 is 45.5. The number of carbonyl (C=O) groups is 1. The maximum atomic E-state index is 13.7. The van der Waals surface area contributed by atoms with E-state index < -0.39 is 34.8 Å². The number of cyclic esters (lactones) is 1. The summed E-state index contributed by atoms with van der Waals surface area (Å²) in [4.78, 5) is 11.5. The Hall–Kier alpha value is -2.11. The molecule has 0 bridgehead atoms. The van der Waals surface area contributed by atoms with Crippen LogP contribution in [0.1, 0.15) is 18.4 Å². The van der Waals surface area contributed by atoms with E-state index in [2.05, 4.69) is 16.0 Å². The van der Waals surface area contributed by atoms with Crippen molar-refractivity contribution in [1.29, 1.82) is 0 Å². The van der Waals surface area contributed by atoms with Crippen molar-refractivity contribution in [2.24, 2.45) is 0 Å². The molecule has 1 amide bonds. The number of hydrogen-bond donors (Lipinski definition) is 3. The van der Waals surface area contributed by atoms with Gasteiger partial charge in [-0.05, 0) is 24.8 Å². The summed E-state index contributed by atoms with van der Waals surface area (Å²) in [6.45, 7) is 0. The molecule has 1 heterocycles. The summed E-state index contributed by atoms with van der Waals surface area (Å²) in [6.07, 6.45) is -5.99. The number of fused-ring (bicyclic) bond motifs is 1. The average molecular weight is 348 g/mol. The van der Waals surface area contributed by atoms with Gasteiger partial charge in [0, 0.05) is 11.6 Å². The highest BCUT2D eigenvalue weighted by molar-refractivity contribution is 6.32. The number of halogens is 4. The summed E-state index contributed by atoms with van der Waals surface area (Å²) in [5.41, 5.74) is -5.67. The molecule has 0 aromatic heterocycles. The number of benzene rings is 1. The number of ether oxygens (including phenoxy) is 1. The Kier molecular flexibility index (Phi) is 3.22. The zero-order valence-corrected chi connectivity index (χ0v) is 12.0. The first-order valence-corrected chi connectivity index (χ1v) is 6.81. The third kappa shape index (κ3) is 2.56. The van der Waals surface area contributed by atoms with E-state index in [0.717, 1.165) is 12.1 Å². The predicted octanol–water partition coefficient (Wildman–Crippen LogP) is 2.89. The largest absolute Gasteiger partial charge is 0.506 e. The molecule has 5 nitrogen and oxygen atoms in total. The molecule has 1 saturated carbocycles. The van der Waals surface area contributed by atoms with E-state index in [-0.39, 0.29) is 23.6 Å². The number of anilines is 1. The number of aromatic hydroxyl groups is 1. The third-order valence-corrected chi connectivity index (χ3v) is 3.85. The molecule has 3 N–H and O–H groups in total. The molecule has 1 atom stereocenters. The van der Waals surface area contributed by atoms with Crippen molar-refractivity contribution in [3.05, 3.63) is 22.7 Å². The maximum absolute atomic E-state index is 13.7. The van der Waals surface area contributed by atoms with Crippen molar-refractivity contribution in [2.45, 2.75) is 30.2 Å². The molecular formula is C14H9ClF3NO4. The molecule has 9 heteroatoms. The van der Waals surface area contributed by atoms with Gasteiger partial charge in [0.1, 0.15) is 11.4 Å². The van der Waals surface area contributed by atoms with E-state index in [1.807, 2.05) is 5.92 Å². The molecule has 1 aromatic carbocycles. The molecule has 1 aliphatic carbocycles. The Balaban J connectivity index is 2.25. The fraction of sp³-hybridized carbons (Fsp3) is 0.357. The first-order valence-electron chi connectivity index (χ1n) is 6.43. The number of phenols is 1. The van der Waals surface area contributed by atoms with Crippen LogP contribution >= 0.6 is 11.6 Å². The number of alkyl halides is 3. The molecular weight excluding hydrogens is 339 g/mol. The molecule has 3 rings (SSSR count). The van der Waals surface area contributed by atoms with Crippen LogP contribution in [0.2, 0.25) is 5.02 Å². The SMILES string of the molecule is O=C1Nc2cc(O)c(Cl)cc2C(C#CC2(O)CC2)(C(F)(F)F)O1. The van der Waals surface area contributed by atoms with Gasteiger partial charge in [-0.3, -0.25) is 5.32 Å². The molecule has 1 aromatic rings. The summed E-state index contributed by atoms with van der Waals surface area (Å²) >= 11 is 5.68. The van der Waals surface area contributed by atoms with E-state index in [0.29, 0.717) is 0 Å². The number of amides is 1. The maximum Gasteiger partial charge on any atom is 0.445 e. The number of hydrogen-bond acceptors (Lipinski definition) is 4. The van der Waals surface area contributed by atoms with Crippen LogP contribution in [0, 0.1) is 11.8 Å². The first-order chi connectivity index (χ1) is 10.6. The highest BCUT2D eigenvalue weighted by Crippen LogP contribution is 2.49. The van der Waals surface area contributed by atoms with Crippen LogP contribution in [0.15, 0.2) is 12.1 Å². The third-order valence-electron chi connectivity index (χ3n) is 3.54. The second-order valence-electron chi connectivity index (χ2n) is 5.32. The fourth-order valence-electron chi connectivity index (χ4n) is 2.11. The fourth-order valence-corrected chi connectivity index (χ4v) is 2.27. The van der Waals surface area contributed by atoms with Gasteiger partial charge < -0.3 is 14.9 Å². The van der Waals surface area contributed by atoms with E-state index in [1.165, 1.54) is 0 Å². The molecule has 122 valence electrons. The van der Waals surface area contributed by atoms with E-state index in [1.54, 1.807) is 0 Å². The molecule has 2 aliphatic rings. The number of aliphatic hydroxyl groups is 1. The van der Waals surface area contributed by atoms with E-state index in [9.17, 15) is 28.2 Å². The summed E-state index contributed by atoms with van der Waals surface area (Å²) in [7, 11) is 0. The van der Waals surface area contributed by atoms with Crippen LogP contribution in [-0.2, 0) is 10.3 Å².